The summed E-state index contributed by atoms with van der Waals surface area (Å²) in [6, 6.07) is 22.9. The van der Waals surface area contributed by atoms with Crippen molar-refractivity contribution in [1.29, 1.82) is 0 Å². The lowest BCUT2D eigenvalue weighted by Gasteiger charge is -2.24. The van der Waals surface area contributed by atoms with E-state index in [1.165, 1.54) is 4.41 Å². The van der Waals surface area contributed by atoms with Gasteiger partial charge in [0.25, 0.3) is 10.0 Å². The summed E-state index contributed by atoms with van der Waals surface area (Å²) >= 11 is 6.63. The molecule has 1 aliphatic rings. The van der Waals surface area contributed by atoms with Crippen molar-refractivity contribution in [3.63, 3.8) is 0 Å². The predicted octanol–water partition coefficient (Wildman–Crippen LogP) is 5.75. The van der Waals surface area contributed by atoms with E-state index < -0.39 is 16.1 Å². The van der Waals surface area contributed by atoms with Crippen LogP contribution >= 0.6 is 11.6 Å². The normalized spacial score (nSPS) is 16.0. The van der Waals surface area contributed by atoms with Gasteiger partial charge < -0.3 is 4.74 Å². The van der Waals surface area contributed by atoms with Crippen molar-refractivity contribution >= 4 is 38.2 Å². The van der Waals surface area contributed by atoms with Gasteiger partial charge >= 0.3 is 0 Å². The standard InChI is InChI=1S/C26H22ClN3O3S/c1-17-8-9-19-15-22(26(27)28-23(19)14-17)25-16-24(18-10-12-20(33-2)13-11-18)29-30(25)34(31,32)21-6-4-3-5-7-21/h3-15,25H,16H2,1-2H3. The number of nitrogens with zero attached hydrogens (tertiary/aromatic N) is 3. The number of hydrogen-bond donors (Lipinski definition) is 0. The van der Waals surface area contributed by atoms with E-state index in [2.05, 4.69) is 10.1 Å². The number of aromatic nitrogens is 1. The molecule has 0 bridgehead atoms. The third-order valence-corrected chi connectivity index (χ3v) is 7.90. The van der Waals surface area contributed by atoms with Gasteiger partial charge in [-0.25, -0.2) is 4.98 Å². The van der Waals surface area contributed by atoms with E-state index in [9.17, 15) is 8.42 Å². The van der Waals surface area contributed by atoms with Crippen LogP contribution in [0.15, 0.2) is 88.9 Å². The van der Waals surface area contributed by atoms with Gasteiger partial charge in [0.15, 0.2) is 0 Å². The Hall–Kier alpha value is -3.42. The first-order chi connectivity index (χ1) is 16.4. The van der Waals surface area contributed by atoms with Crippen molar-refractivity contribution < 1.29 is 13.2 Å². The zero-order chi connectivity index (χ0) is 23.9. The number of rotatable bonds is 5. The van der Waals surface area contributed by atoms with Gasteiger partial charge in [-0.1, -0.05) is 41.9 Å². The number of ether oxygens (including phenoxy) is 1. The molecule has 8 heteroatoms. The van der Waals surface area contributed by atoms with E-state index in [0.29, 0.717) is 23.4 Å². The van der Waals surface area contributed by atoms with Gasteiger partial charge in [0.2, 0.25) is 0 Å². The number of hydrazone groups is 1. The van der Waals surface area contributed by atoms with Crippen LogP contribution in [-0.4, -0.2) is 30.6 Å². The van der Waals surface area contributed by atoms with Crippen LogP contribution in [0.3, 0.4) is 0 Å². The summed E-state index contributed by atoms with van der Waals surface area (Å²) in [5.41, 5.74) is 3.91. The van der Waals surface area contributed by atoms with Crippen molar-refractivity contribution in [2.75, 3.05) is 7.11 Å². The summed E-state index contributed by atoms with van der Waals surface area (Å²) in [6.07, 6.45) is 0.358. The number of hydrogen-bond acceptors (Lipinski definition) is 5. The highest BCUT2D eigenvalue weighted by Crippen LogP contribution is 2.40. The first kappa shape index (κ1) is 22.4. The maximum atomic E-state index is 13.7. The highest BCUT2D eigenvalue weighted by atomic mass is 35.5. The molecule has 1 unspecified atom stereocenters. The molecule has 3 aromatic carbocycles. The van der Waals surface area contributed by atoms with E-state index in [4.69, 9.17) is 16.3 Å². The van der Waals surface area contributed by atoms with Gasteiger partial charge in [0.05, 0.1) is 29.3 Å². The largest absolute Gasteiger partial charge is 0.497 e. The summed E-state index contributed by atoms with van der Waals surface area (Å²) in [5.74, 6) is 0.713. The van der Waals surface area contributed by atoms with Crippen molar-refractivity contribution in [3.8, 4) is 5.75 Å². The summed E-state index contributed by atoms with van der Waals surface area (Å²) < 4.78 is 33.7. The Morgan fingerprint density at radius 3 is 2.44 bits per heavy atom. The fourth-order valence-electron chi connectivity index (χ4n) is 4.10. The van der Waals surface area contributed by atoms with Crippen LogP contribution < -0.4 is 4.74 Å². The SMILES string of the molecule is COc1ccc(C2=NN(S(=O)(=O)c3ccccc3)C(c3cc4ccc(C)cc4nc3Cl)C2)cc1. The highest BCUT2D eigenvalue weighted by molar-refractivity contribution is 7.89. The third-order valence-electron chi connectivity index (χ3n) is 5.90. The molecule has 1 aromatic heterocycles. The quantitative estimate of drug-likeness (QED) is 0.333. The van der Waals surface area contributed by atoms with E-state index in [0.717, 1.165) is 22.0 Å². The Bertz CT molecular complexity index is 1500. The van der Waals surface area contributed by atoms with E-state index in [-0.39, 0.29) is 10.0 Å². The average molecular weight is 492 g/mol. The van der Waals surface area contributed by atoms with E-state index in [1.54, 1.807) is 37.4 Å². The van der Waals surface area contributed by atoms with Crippen LogP contribution in [0.5, 0.6) is 5.75 Å². The second-order valence-corrected chi connectivity index (χ2v) is 10.3. The highest BCUT2D eigenvalue weighted by Gasteiger charge is 2.39. The number of pyridine rings is 1. The molecule has 34 heavy (non-hydrogen) atoms. The van der Waals surface area contributed by atoms with Crippen LogP contribution in [-0.2, 0) is 10.0 Å². The topological polar surface area (TPSA) is 71.9 Å². The molecule has 0 saturated heterocycles. The van der Waals surface area contributed by atoms with Gasteiger partial charge in [-0.3, -0.25) is 0 Å². The molecule has 1 atom stereocenters. The number of benzene rings is 3. The zero-order valence-corrected chi connectivity index (χ0v) is 20.2. The maximum Gasteiger partial charge on any atom is 0.279 e. The number of sulfonamides is 1. The Morgan fingerprint density at radius 1 is 1.00 bits per heavy atom. The lowest BCUT2D eigenvalue weighted by atomic mass is 9.99. The minimum Gasteiger partial charge on any atom is -0.497 e. The molecule has 4 aromatic rings. The molecule has 6 nitrogen and oxygen atoms in total. The van der Waals surface area contributed by atoms with Gasteiger partial charge in [-0.2, -0.15) is 17.9 Å². The molecule has 2 heterocycles. The van der Waals surface area contributed by atoms with Crippen molar-refractivity contribution in [2.24, 2.45) is 5.10 Å². The van der Waals surface area contributed by atoms with Crippen molar-refractivity contribution in [1.82, 2.24) is 9.40 Å². The fraction of sp³-hybridized carbons (Fsp3) is 0.154. The number of aryl methyl sites for hydroxylation is 1. The van der Waals surface area contributed by atoms with Crippen LogP contribution in [0.25, 0.3) is 10.9 Å². The van der Waals surface area contributed by atoms with E-state index >= 15 is 0 Å². The molecule has 0 amide bonds. The van der Waals surface area contributed by atoms with Crippen LogP contribution in [0, 0.1) is 6.92 Å². The zero-order valence-electron chi connectivity index (χ0n) is 18.6. The van der Waals surface area contributed by atoms with Crippen LogP contribution in [0.4, 0.5) is 0 Å². The summed E-state index contributed by atoms with van der Waals surface area (Å²) in [5, 5.41) is 5.74. The fourth-order valence-corrected chi connectivity index (χ4v) is 5.82. The Morgan fingerprint density at radius 2 is 1.74 bits per heavy atom. The first-order valence-electron chi connectivity index (χ1n) is 10.7. The minimum atomic E-state index is -3.93. The molecular formula is C26H22ClN3O3S. The molecule has 5 rings (SSSR count). The van der Waals surface area contributed by atoms with Crippen LogP contribution in [0.1, 0.15) is 29.2 Å². The van der Waals surface area contributed by atoms with Gasteiger partial charge in [0, 0.05) is 17.4 Å². The number of fused-ring (bicyclic) bond motifs is 1. The van der Waals surface area contributed by atoms with Crippen molar-refractivity contribution in [2.45, 2.75) is 24.3 Å². The molecule has 0 spiro atoms. The second-order valence-electron chi connectivity index (χ2n) is 8.15. The number of halogens is 1. The molecule has 0 radical (unpaired) electrons. The minimum absolute atomic E-state index is 0.167. The Kier molecular flexibility index (Phi) is 5.75. The number of methoxy groups -OCH3 is 1. The van der Waals surface area contributed by atoms with Gasteiger partial charge in [-0.15, -0.1) is 0 Å². The second kappa shape index (κ2) is 8.74. The van der Waals surface area contributed by atoms with E-state index in [1.807, 2.05) is 55.5 Å². The maximum absolute atomic E-state index is 13.7. The molecule has 0 aliphatic carbocycles. The molecule has 172 valence electrons. The first-order valence-corrected chi connectivity index (χ1v) is 12.6. The molecule has 0 saturated carbocycles. The summed E-state index contributed by atoms with van der Waals surface area (Å²) in [7, 11) is -2.33. The lowest BCUT2D eigenvalue weighted by molar-refractivity contribution is 0.371. The summed E-state index contributed by atoms with van der Waals surface area (Å²) in [4.78, 5) is 4.73. The smallest absolute Gasteiger partial charge is 0.279 e. The monoisotopic (exact) mass is 491 g/mol. The predicted molar refractivity (Wildman–Crippen MR) is 134 cm³/mol. The van der Waals surface area contributed by atoms with Crippen LogP contribution in [0.2, 0.25) is 5.15 Å². The molecule has 0 N–H and O–H groups in total. The van der Waals surface area contributed by atoms with Crippen molar-refractivity contribution in [3.05, 3.63) is 101 Å². The summed E-state index contributed by atoms with van der Waals surface area (Å²) in [6.45, 7) is 1.99. The lowest BCUT2D eigenvalue weighted by Crippen LogP contribution is -2.27. The molecule has 0 fully saturated rings. The Labute approximate surface area is 203 Å². The average Bonchev–Trinajstić information content (AvgIpc) is 3.30. The third kappa shape index (κ3) is 4.02. The van der Waals surface area contributed by atoms with Gasteiger partial charge in [0.1, 0.15) is 10.9 Å². The Balaban J connectivity index is 1.64. The molecular weight excluding hydrogens is 470 g/mol. The van der Waals surface area contributed by atoms with Gasteiger partial charge in [-0.05, 0) is 66.6 Å². The molecule has 1 aliphatic heterocycles.